The van der Waals surface area contributed by atoms with Crippen molar-refractivity contribution in [1.29, 1.82) is 0 Å². The number of carbonyl (C=O) groups is 1. The number of nitro benzene ring substituents is 1. The molecule has 0 aliphatic rings. The molecule has 2 aromatic rings. The van der Waals surface area contributed by atoms with Gasteiger partial charge in [-0.1, -0.05) is 11.6 Å². The van der Waals surface area contributed by atoms with E-state index in [4.69, 9.17) is 16.3 Å². The average molecular weight is 343 g/mol. The van der Waals surface area contributed by atoms with Crippen molar-refractivity contribution in [3.8, 4) is 5.75 Å². The van der Waals surface area contributed by atoms with Gasteiger partial charge < -0.3 is 10.1 Å². The Bertz CT molecular complexity index is 770. The third-order valence-electron chi connectivity index (χ3n) is 2.68. The molecule has 6 nitrogen and oxygen atoms in total. The lowest BCUT2D eigenvalue weighted by atomic mass is 10.3. The molecule has 0 spiro atoms. The van der Waals surface area contributed by atoms with E-state index >= 15 is 0 Å². The number of nitrogens with one attached hydrogen (secondary N) is 1. The molecular formula is C14H9ClF2N2O4. The molecule has 0 aromatic heterocycles. The van der Waals surface area contributed by atoms with E-state index in [2.05, 4.69) is 5.32 Å². The standard InChI is InChI=1S/C14H9ClF2N2O4/c15-8-1-4-13(12(5-8)19(21)22)23-7-14(20)18-11-3-2-9(16)6-10(11)17/h1-6H,7H2,(H,18,20). The van der Waals surface area contributed by atoms with Gasteiger partial charge in [-0.3, -0.25) is 14.9 Å². The van der Waals surface area contributed by atoms with Gasteiger partial charge in [0, 0.05) is 17.2 Å². The largest absolute Gasteiger partial charge is 0.477 e. The Balaban J connectivity index is 2.03. The van der Waals surface area contributed by atoms with Gasteiger partial charge in [0.1, 0.15) is 11.6 Å². The molecule has 0 fully saturated rings. The molecule has 0 aliphatic carbocycles. The molecule has 0 bridgehead atoms. The fourth-order valence-electron chi connectivity index (χ4n) is 1.68. The number of rotatable bonds is 5. The van der Waals surface area contributed by atoms with Crippen molar-refractivity contribution in [3.05, 3.63) is 63.2 Å². The van der Waals surface area contributed by atoms with Crippen LogP contribution in [0.25, 0.3) is 0 Å². The van der Waals surface area contributed by atoms with Crippen LogP contribution in [-0.4, -0.2) is 17.4 Å². The van der Waals surface area contributed by atoms with E-state index in [1.54, 1.807) is 0 Å². The van der Waals surface area contributed by atoms with E-state index < -0.39 is 34.8 Å². The van der Waals surface area contributed by atoms with Crippen molar-refractivity contribution in [2.45, 2.75) is 0 Å². The van der Waals surface area contributed by atoms with E-state index in [9.17, 15) is 23.7 Å². The van der Waals surface area contributed by atoms with Crippen LogP contribution < -0.4 is 10.1 Å². The Labute approximate surface area is 133 Å². The molecule has 0 unspecified atom stereocenters. The molecule has 0 saturated carbocycles. The lowest BCUT2D eigenvalue weighted by molar-refractivity contribution is -0.385. The Morgan fingerprint density at radius 2 is 2.00 bits per heavy atom. The fraction of sp³-hybridized carbons (Fsp3) is 0.0714. The van der Waals surface area contributed by atoms with Crippen molar-refractivity contribution in [3.63, 3.8) is 0 Å². The molecule has 23 heavy (non-hydrogen) atoms. The number of amides is 1. The first kappa shape index (κ1) is 16.6. The molecule has 1 N–H and O–H groups in total. The predicted octanol–water partition coefficient (Wildman–Crippen LogP) is 3.54. The summed E-state index contributed by atoms with van der Waals surface area (Å²) in [5.74, 6) is -2.65. The lowest BCUT2D eigenvalue weighted by Crippen LogP contribution is -2.21. The summed E-state index contributed by atoms with van der Waals surface area (Å²) >= 11 is 5.65. The third-order valence-corrected chi connectivity index (χ3v) is 2.92. The van der Waals surface area contributed by atoms with Crippen molar-refractivity contribution in [2.24, 2.45) is 0 Å². The minimum atomic E-state index is -0.948. The number of ether oxygens (including phenoxy) is 1. The Morgan fingerprint density at radius 1 is 1.26 bits per heavy atom. The number of nitro groups is 1. The summed E-state index contributed by atoms with van der Waals surface area (Å²) < 4.78 is 31.2. The van der Waals surface area contributed by atoms with Crippen LogP contribution >= 0.6 is 11.6 Å². The van der Waals surface area contributed by atoms with Crippen molar-refractivity contribution >= 4 is 28.9 Å². The smallest absolute Gasteiger partial charge is 0.312 e. The maximum absolute atomic E-state index is 13.4. The predicted molar refractivity (Wildman–Crippen MR) is 78.6 cm³/mol. The zero-order valence-corrected chi connectivity index (χ0v) is 12.1. The first-order valence-corrected chi connectivity index (χ1v) is 6.56. The zero-order valence-electron chi connectivity index (χ0n) is 11.4. The molecule has 9 heteroatoms. The maximum atomic E-state index is 13.4. The van der Waals surface area contributed by atoms with E-state index in [1.807, 2.05) is 0 Å². The molecule has 0 heterocycles. The van der Waals surface area contributed by atoms with Gasteiger partial charge in [-0.15, -0.1) is 0 Å². The number of anilines is 1. The fourth-order valence-corrected chi connectivity index (χ4v) is 1.84. The summed E-state index contributed by atoms with van der Waals surface area (Å²) in [6.07, 6.45) is 0. The number of hydrogen-bond donors (Lipinski definition) is 1. The quantitative estimate of drug-likeness (QED) is 0.665. The minimum absolute atomic E-state index is 0.141. The zero-order chi connectivity index (χ0) is 17.0. The maximum Gasteiger partial charge on any atom is 0.312 e. The highest BCUT2D eigenvalue weighted by molar-refractivity contribution is 6.30. The molecule has 1 amide bonds. The number of hydrogen-bond acceptors (Lipinski definition) is 4. The molecule has 2 aromatic carbocycles. The topological polar surface area (TPSA) is 81.5 Å². The van der Waals surface area contributed by atoms with Gasteiger partial charge in [-0.25, -0.2) is 8.78 Å². The Kier molecular flexibility index (Phi) is 5.07. The molecular weight excluding hydrogens is 334 g/mol. The Morgan fingerprint density at radius 3 is 2.65 bits per heavy atom. The second-order valence-electron chi connectivity index (χ2n) is 4.33. The highest BCUT2D eigenvalue weighted by Crippen LogP contribution is 2.29. The molecule has 0 aliphatic heterocycles. The normalized spacial score (nSPS) is 10.2. The molecule has 0 radical (unpaired) electrons. The number of halogens is 3. The minimum Gasteiger partial charge on any atom is -0.477 e. The molecule has 0 atom stereocenters. The average Bonchev–Trinajstić information content (AvgIpc) is 2.48. The Hall–Kier alpha value is -2.74. The second-order valence-corrected chi connectivity index (χ2v) is 4.77. The van der Waals surface area contributed by atoms with Gasteiger partial charge in [-0.2, -0.15) is 0 Å². The highest BCUT2D eigenvalue weighted by Gasteiger charge is 2.17. The summed E-state index contributed by atoms with van der Waals surface area (Å²) in [7, 11) is 0. The van der Waals surface area contributed by atoms with Crippen LogP contribution in [0.5, 0.6) is 5.75 Å². The number of benzene rings is 2. The summed E-state index contributed by atoms with van der Waals surface area (Å²) in [5, 5.41) is 13.2. The highest BCUT2D eigenvalue weighted by atomic mass is 35.5. The van der Waals surface area contributed by atoms with Gasteiger partial charge in [0.05, 0.1) is 10.6 Å². The number of carbonyl (C=O) groups excluding carboxylic acids is 1. The van der Waals surface area contributed by atoms with E-state index in [0.29, 0.717) is 6.07 Å². The van der Waals surface area contributed by atoms with Crippen LogP contribution in [0.15, 0.2) is 36.4 Å². The van der Waals surface area contributed by atoms with Gasteiger partial charge >= 0.3 is 5.69 Å². The van der Waals surface area contributed by atoms with Crippen LogP contribution in [0.3, 0.4) is 0 Å². The SMILES string of the molecule is O=C(COc1ccc(Cl)cc1[N+](=O)[O-])Nc1ccc(F)cc1F. The van der Waals surface area contributed by atoms with Crippen LogP contribution in [0.1, 0.15) is 0 Å². The van der Waals surface area contributed by atoms with Gasteiger partial charge in [0.2, 0.25) is 0 Å². The molecule has 120 valence electrons. The van der Waals surface area contributed by atoms with E-state index in [-0.39, 0.29) is 16.5 Å². The summed E-state index contributed by atoms with van der Waals surface area (Å²) in [5.41, 5.74) is -0.635. The first-order valence-electron chi connectivity index (χ1n) is 6.18. The van der Waals surface area contributed by atoms with Crippen molar-refractivity contribution < 1.29 is 23.2 Å². The second kappa shape index (κ2) is 7.01. The van der Waals surface area contributed by atoms with Crippen molar-refractivity contribution in [1.82, 2.24) is 0 Å². The van der Waals surface area contributed by atoms with Crippen LogP contribution in [-0.2, 0) is 4.79 Å². The molecule has 0 saturated heterocycles. The van der Waals surface area contributed by atoms with Crippen LogP contribution in [0.2, 0.25) is 5.02 Å². The van der Waals surface area contributed by atoms with Crippen molar-refractivity contribution in [2.75, 3.05) is 11.9 Å². The van der Waals surface area contributed by atoms with E-state index in [0.717, 1.165) is 18.2 Å². The van der Waals surface area contributed by atoms with Crippen LogP contribution in [0, 0.1) is 21.7 Å². The van der Waals surface area contributed by atoms with Gasteiger partial charge in [-0.05, 0) is 24.3 Å². The van der Waals surface area contributed by atoms with Gasteiger partial charge in [0.25, 0.3) is 5.91 Å². The number of nitrogens with zero attached hydrogens (tertiary/aromatic N) is 1. The molecule has 2 rings (SSSR count). The first-order chi connectivity index (χ1) is 10.9. The van der Waals surface area contributed by atoms with Crippen LogP contribution in [0.4, 0.5) is 20.2 Å². The monoisotopic (exact) mass is 342 g/mol. The lowest BCUT2D eigenvalue weighted by Gasteiger charge is -2.08. The third kappa shape index (κ3) is 4.36. The summed E-state index contributed by atoms with van der Waals surface area (Å²) in [6, 6.07) is 6.32. The summed E-state index contributed by atoms with van der Waals surface area (Å²) in [4.78, 5) is 21.8. The van der Waals surface area contributed by atoms with E-state index in [1.165, 1.54) is 12.1 Å². The van der Waals surface area contributed by atoms with Gasteiger partial charge in [0.15, 0.2) is 12.4 Å². The summed E-state index contributed by atoms with van der Waals surface area (Å²) in [6.45, 7) is -0.598.